The summed E-state index contributed by atoms with van der Waals surface area (Å²) in [6.45, 7) is 5.23. The molecule has 4 heterocycles. The van der Waals surface area contributed by atoms with Gasteiger partial charge in [-0.05, 0) is 192 Å². The molecule has 0 amide bonds. The number of ether oxygens (including phenoxy) is 4. The van der Waals surface area contributed by atoms with E-state index in [0.717, 1.165) is 90.0 Å². The lowest BCUT2D eigenvalue weighted by Gasteiger charge is -2.67. The van der Waals surface area contributed by atoms with Crippen LogP contribution < -0.4 is 20.1 Å². The van der Waals surface area contributed by atoms with E-state index in [-0.39, 0.29) is 79.4 Å². The van der Waals surface area contributed by atoms with Gasteiger partial charge in [0.2, 0.25) is 12.0 Å². The number of carbonyl (C=O) groups excluding carboxylic acids is 1. The highest BCUT2D eigenvalue weighted by Gasteiger charge is 2.78. The highest BCUT2D eigenvalue weighted by atomic mass is 33.1. The Labute approximate surface area is 503 Å². The second-order valence-corrected chi connectivity index (χ2v) is 29.9. The van der Waals surface area contributed by atoms with Crippen LogP contribution in [-0.2, 0) is 27.1 Å². The lowest BCUT2D eigenvalue weighted by molar-refractivity contribution is -0.424. The first-order valence-corrected chi connectivity index (χ1v) is 34.2. The molecule has 9 N–H and O–H groups in total. The van der Waals surface area contributed by atoms with Crippen LogP contribution in [0.4, 0.5) is 0 Å². The minimum Gasteiger partial charge on any atom is -0.485 e. The van der Waals surface area contributed by atoms with E-state index in [4.69, 9.17) is 23.4 Å². The zero-order chi connectivity index (χ0) is 58.7. The summed E-state index contributed by atoms with van der Waals surface area (Å²) in [5, 5.41) is 101. The lowest BCUT2D eigenvalue weighted by atomic mass is 9.50. The number of hydrogen-bond acceptors (Lipinski definition) is 17. The van der Waals surface area contributed by atoms with E-state index in [9.17, 15) is 40.5 Å². The molecule has 2 saturated heterocycles. The van der Waals surface area contributed by atoms with Crippen LogP contribution in [-0.4, -0.2) is 145 Å². The van der Waals surface area contributed by atoms with E-state index < -0.39 is 82.1 Å². The molecule has 3 aromatic carbocycles. The quantitative estimate of drug-likeness (QED) is 0.0366. The summed E-state index contributed by atoms with van der Waals surface area (Å²) in [5.74, 6) is -1.61. The maximum absolute atomic E-state index is 13.9. The van der Waals surface area contributed by atoms with Gasteiger partial charge in [-0.2, -0.15) is 0 Å². The second-order valence-electron chi connectivity index (χ2n) is 27.2. The number of esters is 1. The molecule has 18 atom stereocenters. The first-order valence-electron chi connectivity index (χ1n) is 31.8. The predicted molar refractivity (Wildman–Crippen MR) is 327 cm³/mol. The molecule has 1 aromatic heterocycles. The molecular formula is C67H92N2O13S2. The van der Waals surface area contributed by atoms with Crippen molar-refractivity contribution in [2.75, 3.05) is 45.7 Å². The van der Waals surface area contributed by atoms with Crippen molar-refractivity contribution < 1.29 is 63.9 Å². The lowest BCUT2D eigenvalue weighted by Crippen LogP contribution is -2.86. The van der Waals surface area contributed by atoms with Crippen molar-refractivity contribution in [3.63, 3.8) is 0 Å². The molecule has 12 rings (SSSR count). The Morgan fingerprint density at radius 1 is 0.881 bits per heavy atom. The Morgan fingerprint density at radius 2 is 1.71 bits per heavy atom. The van der Waals surface area contributed by atoms with Gasteiger partial charge in [0.15, 0.2) is 16.9 Å². The van der Waals surface area contributed by atoms with Gasteiger partial charge in [-0.15, -0.1) is 0 Å². The van der Waals surface area contributed by atoms with E-state index in [0.29, 0.717) is 47.8 Å². The minimum atomic E-state index is -2.50. The summed E-state index contributed by atoms with van der Waals surface area (Å²) < 4.78 is 32.8. The summed E-state index contributed by atoms with van der Waals surface area (Å²) in [7, 11) is 5.46. The Kier molecular flexibility index (Phi) is 17.8. The van der Waals surface area contributed by atoms with Gasteiger partial charge in [-0.25, -0.2) is 0 Å². The largest absolute Gasteiger partial charge is 0.485 e. The van der Waals surface area contributed by atoms with Crippen molar-refractivity contribution in [3.05, 3.63) is 84.1 Å². The average molecular weight is 1200 g/mol. The predicted octanol–water partition coefficient (Wildman–Crippen LogP) is 8.96. The third kappa shape index (κ3) is 10.9. The Hall–Kier alpha value is -3.43. The van der Waals surface area contributed by atoms with Crippen molar-refractivity contribution in [2.24, 2.45) is 46.8 Å². The average Bonchev–Trinajstić information content (AvgIpc) is 0.752. The summed E-state index contributed by atoms with van der Waals surface area (Å²) in [4.78, 5) is 13.1. The highest BCUT2D eigenvalue weighted by Crippen LogP contribution is 2.69. The van der Waals surface area contributed by atoms with Gasteiger partial charge in [0.05, 0.1) is 30.7 Å². The Morgan fingerprint density at radius 3 is 2.54 bits per heavy atom. The van der Waals surface area contributed by atoms with Gasteiger partial charge in [0, 0.05) is 53.3 Å². The van der Waals surface area contributed by atoms with Crippen molar-refractivity contribution >= 4 is 49.3 Å². The van der Waals surface area contributed by atoms with Crippen LogP contribution in [0, 0.1) is 46.8 Å². The van der Waals surface area contributed by atoms with E-state index in [1.54, 1.807) is 36.1 Å². The number of hydrogen-bond donors (Lipinski definition) is 9. The van der Waals surface area contributed by atoms with Crippen LogP contribution in [0.25, 0.3) is 21.7 Å². The zero-order valence-corrected chi connectivity index (χ0v) is 51.1. The summed E-state index contributed by atoms with van der Waals surface area (Å²) in [6, 6.07) is 18.9. The molecule has 8 aliphatic rings. The SMILES string of the molecule is CCOC(=O)CCc1cc2ccoc2c2c1OC1OC3(CSSC4(CCC5(CCC(CNC)C5)C4CCC4(O)CCC(Cc5ccc6ccccc6c5)C4)C(CCC(C)CCCC3O)NCCO2)C2(O)CC3C=CC(O)C(CO)C3C1(O)C2O. The Balaban J connectivity index is 0.973. The number of aliphatic hydroxyl groups is 7. The van der Waals surface area contributed by atoms with Gasteiger partial charge in [0.1, 0.15) is 23.9 Å². The number of allylic oxidation sites excluding steroid dienone is 1. The fourth-order valence-electron chi connectivity index (χ4n) is 18.2. The van der Waals surface area contributed by atoms with Gasteiger partial charge in [-0.1, -0.05) is 96.0 Å². The number of rotatable bonds is 12. The zero-order valence-electron chi connectivity index (χ0n) is 49.4. The van der Waals surface area contributed by atoms with Gasteiger partial charge < -0.3 is 69.7 Å². The number of carbonyl (C=O) groups is 1. The summed E-state index contributed by atoms with van der Waals surface area (Å²) >= 11 is 0. The van der Waals surface area contributed by atoms with Crippen LogP contribution in [0.1, 0.15) is 134 Å². The monoisotopic (exact) mass is 1200 g/mol. The fraction of sp³-hybridized carbons (Fsp3) is 0.687. The second kappa shape index (κ2) is 24.5. The van der Waals surface area contributed by atoms with Crippen molar-refractivity contribution in [1.29, 1.82) is 0 Å². The number of benzene rings is 3. The fourth-order valence-corrected chi connectivity index (χ4v) is 22.5. The van der Waals surface area contributed by atoms with Gasteiger partial charge in [0.25, 0.3) is 0 Å². The molecule has 460 valence electrons. The van der Waals surface area contributed by atoms with E-state index in [1.807, 2.05) is 22.9 Å². The third-order valence-corrected chi connectivity index (χ3v) is 25.8. The number of aryl methyl sites for hydroxylation is 1. The van der Waals surface area contributed by atoms with E-state index >= 15 is 0 Å². The molecule has 6 fully saturated rings. The number of aliphatic hydroxyl groups excluding tert-OH is 4. The number of furan rings is 1. The van der Waals surface area contributed by atoms with E-state index in [2.05, 4.69) is 67.1 Å². The molecule has 15 nitrogen and oxygen atoms in total. The normalized spacial score (nSPS) is 40.6. The van der Waals surface area contributed by atoms with Crippen LogP contribution in [0.3, 0.4) is 0 Å². The van der Waals surface area contributed by atoms with Crippen LogP contribution in [0.2, 0.25) is 0 Å². The molecular weight excluding hydrogens is 1100 g/mol. The van der Waals surface area contributed by atoms with Gasteiger partial charge >= 0.3 is 5.97 Å². The smallest absolute Gasteiger partial charge is 0.306 e. The van der Waals surface area contributed by atoms with Crippen LogP contribution >= 0.6 is 21.6 Å². The van der Waals surface area contributed by atoms with Crippen molar-refractivity contribution in [2.45, 2.75) is 194 Å². The van der Waals surface area contributed by atoms with Crippen molar-refractivity contribution in [3.8, 4) is 11.5 Å². The third-order valence-electron chi connectivity index (χ3n) is 22.4. The van der Waals surface area contributed by atoms with Gasteiger partial charge in [-0.3, -0.25) is 4.79 Å². The number of fused-ring (bicyclic) bond motifs is 12. The standard InChI is InChI=1S/C67H92N2O13S2/c1-4-78-55(73)19-16-47-34-48-23-30-79-57(48)59-58(47)81-61-67(77)56-49(15-17-51(71)50(56)39-70)37-65(76,60(67)74)66(82-61)40-83-84-64(53(69-29-31-80-59)18-12-41(2)8-7-11-54(66)72)28-27-62(24-20-44(35-62)38-68-3)52(64)22-26-63(75)25-21-43(36-63)32-42-13-14-45-9-5-6-10-46(45)33-42/h5-6,9-10,13-15,17,23,30,33-34,41,43-44,49-54,56,60-61,68-72,74-77H,4,7-8,11-12,16,18-22,24-29,31-32,35-40H2,1-3H3. The first-order chi connectivity index (χ1) is 40.5. The topological polar surface area (TPSA) is 233 Å². The molecule has 18 unspecified atom stereocenters. The van der Waals surface area contributed by atoms with E-state index in [1.165, 1.54) is 16.3 Å². The summed E-state index contributed by atoms with van der Waals surface area (Å²) in [6.07, 6.45) is 12.0. The molecule has 3 spiro atoms. The molecule has 0 radical (unpaired) electrons. The molecule has 5 bridgehead atoms. The molecule has 4 aromatic rings. The molecule has 4 saturated carbocycles. The molecule has 17 heteroatoms. The van der Waals surface area contributed by atoms with Crippen LogP contribution in [0.5, 0.6) is 11.5 Å². The number of nitrogens with one attached hydrogen (secondary N) is 2. The Bertz CT molecular complexity index is 3000. The molecule has 3 aliphatic heterocycles. The molecule has 84 heavy (non-hydrogen) atoms. The molecule has 5 aliphatic carbocycles. The minimum absolute atomic E-state index is 0.000876. The van der Waals surface area contributed by atoms with Crippen LogP contribution in [0.15, 0.2) is 77.4 Å². The summed E-state index contributed by atoms with van der Waals surface area (Å²) in [5.41, 5.74) is -5.41. The maximum Gasteiger partial charge on any atom is 0.306 e. The van der Waals surface area contributed by atoms with Crippen molar-refractivity contribution in [1.82, 2.24) is 10.6 Å². The first kappa shape index (κ1) is 60.8. The maximum atomic E-state index is 13.9. The highest BCUT2D eigenvalue weighted by molar-refractivity contribution is 8.77.